The van der Waals surface area contributed by atoms with Crippen LogP contribution in [0.2, 0.25) is 0 Å². The van der Waals surface area contributed by atoms with E-state index in [0.717, 1.165) is 29.7 Å². The number of carbonyl (C=O) groups excluding carboxylic acids is 1. The lowest BCUT2D eigenvalue weighted by atomic mass is 10.2. The van der Waals surface area contributed by atoms with Gasteiger partial charge < -0.3 is 10.3 Å². The Kier molecular flexibility index (Phi) is 4.38. The standard InChI is InChI=1S/C18H17N7O/c26-18(13-7-9-20-17(10-13)25-12-19-11-22-25)21-8-3-6-16-23-14-4-1-2-5-15(14)24-16/h1-2,4-5,7,9-12H,3,6,8H2,(H,21,26)(H,23,24). The van der Waals surface area contributed by atoms with E-state index in [4.69, 9.17) is 0 Å². The Morgan fingerprint density at radius 1 is 1.23 bits per heavy atom. The maximum absolute atomic E-state index is 12.3. The molecular weight excluding hydrogens is 330 g/mol. The number of para-hydroxylation sites is 2. The lowest BCUT2D eigenvalue weighted by molar-refractivity contribution is 0.0953. The van der Waals surface area contributed by atoms with Gasteiger partial charge in [0, 0.05) is 24.7 Å². The first-order valence-corrected chi connectivity index (χ1v) is 8.32. The number of nitrogens with zero attached hydrogens (tertiary/aromatic N) is 5. The Bertz CT molecular complexity index is 990. The van der Waals surface area contributed by atoms with Gasteiger partial charge in [0.1, 0.15) is 18.5 Å². The van der Waals surface area contributed by atoms with Gasteiger partial charge in [0.25, 0.3) is 5.91 Å². The van der Waals surface area contributed by atoms with Crippen LogP contribution in [0.25, 0.3) is 16.9 Å². The Hall–Kier alpha value is -3.55. The number of amides is 1. The second kappa shape index (κ2) is 7.14. The average molecular weight is 347 g/mol. The third kappa shape index (κ3) is 3.44. The number of aryl methyl sites for hydroxylation is 1. The summed E-state index contributed by atoms with van der Waals surface area (Å²) in [6.07, 6.45) is 6.12. The van der Waals surface area contributed by atoms with Gasteiger partial charge in [0.05, 0.1) is 11.0 Å². The fraction of sp³-hybridized carbons (Fsp3) is 0.167. The number of H-pyrrole nitrogens is 1. The van der Waals surface area contributed by atoms with E-state index in [2.05, 4.69) is 30.4 Å². The number of pyridine rings is 1. The summed E-state index contributed by atoms with van der Waals surface area (Å²) < 4.78 is 1.51. The fourth-order valence-electron chi connectivity index (χ4n) is 2.70. The second-order valence-electron chi connectivity index (χ2n) is 5.80. The van der Waals surface area contributed by atoms with Gasteiger partial charge in [-0.05, 0) is 30.7 Å². The molecule has 0 spiro atoms. The molecule has 1 aromatic carbocycles. The third-order valence-electron chi connectivity index (χ3n) is 3.98. The first kappa shape index (κ1) is 15.9. The second-order valence-corrected chi connectivity index (χ2v) is 5.80. The number of aromatic amines is 1. The van der Waals surface area contributed by atoms with Gasteiger partial charge in [-0.15, -0.1) is 0 Å². The van der Waals surface area contributed by atoms with E-state index >= 15 is 0 Å². The summed E-state index contributed by atoms with van der Waals surface area (Å²) in [7, 11) is 0. The van der Waals surface area contributed by atoms with Crippen molar-refractivity contribution in [2.75, 3.05) is 6.54 Å². The molecular formula is C18H17N7O. The van der Waals surface area contributed by atoms with E-state index in [-0.39, 0.29) is 5.91 Å². The molecule has 0 saturated carbocycles. The molecule has 130 valence electrons. The number of rotatable bonds is 6. The van der Waals surface area contributed by atoms with Gasteiger partial charge in [-0.2, -0.15) is 5.10 Å². The van der Waals surface area contributed by atoms with E-state index < -0.39 is 0 Å². The number of aromatic nitrogens is 6. The third-order valence-corrected chi connectivity index (χ3v) is 3.98. The number of carbonyl (C=O) groups is 1. The minimum absolute atomic E-state index is 0.140. The van der Waals surface area contributed by atoms with Crippen molar-refractivity contribution in [2.24, 2.45) is 0 Å². The van der Waals surface area contributed by atoms with Crippen molar-refractivity contribution in [3.8, 4) is 5.82 Å². The highest BCUT2D eigenvalue weighted by atomic mass is 16.1. The molecule has 2 N–H and O–H groups in total. The molecule has 4 aromatic rings. The quantitative estimate of drug-likeness (QED) is 0.519. The van der Waals surface area contributed by atoms with Crippen LogP contribution in [0.3, 0.4) is 0 Å². The van der Waals surface area contributed by atoms with Crippen molar-refractivity contribution in [1.29, 1.82) is 0 Å². The molecule has 0 bridgehead atoms. The van der Waals surface area contributed by atoms with Crippen LogP contribution < -0.4 is 5.32 Å². The number of fused-ring (bicyclic) bond motifs is 1. The van der Waals surface area contributed by atoms with Crippen LogP contribution in [0.4, 0.5) is 0 Å². The lowest BCUT2D eigenvalue weighted by Crippen LogP contribution is -2.25. The fourth-order valence-corrected chi connectivity index (χ4v) is 2.70. The molecule has 26 heavy (non-hydrogen) atoms. The summed E-state index contributed by atoms with van der Waals surface area (Å²) in [5.74, 6) is 1.34. The van der Waals surface area contributed by atoms with Crippen LogP contribution in [0.1, 0.15) is 22.6 Å². The van der Waals surface area contributed by atoms with Gasteiger partial charge in [-0.1, -0.05) is 12.1 Å². The van der Waals surface area contributed by atoms with Crippen molar-refractivity contribution >= 4 is 16.9 Å². The zero-order valence-corrected chi connectivity index (χ0v) is 14.0. The smallest absolute Gasteiger partial charge is 0.251 e. The maximum atomic E-state index is 12.3. The van der Waals surface area contributed by atoms with E-state index in [0.29, 0.717) is 17.9 Å². The minimum Gasteiger partial charge on any atom is -0.352 e. The number of nitrogens with one attached hydrogen (secondary N) is 2. The molecule has 3 heterocycles. The van der Waals surface area contributed by atoms with Crippen molar-refractivity contribution in [3.05, 3.63) is 66.6 Å². The topological polar surface area (TPSA) is 101 Å². The van der Waals surface area contributed by atoms with Crippen LogP contribution in [-0.2, 0) is 6.42 Å². The first-order chi connectivity index (χ1) is 12.8. The summed E-state index contributed by atoms with van der Waals surface area (Å²) in [5, 5.41) is 6.94. The molecule has 8 nitrogen and oxygen atoms in total. The molecule has 4 rings (SSSR count). The highest BCUT2D eigenvalue weighted by Crippen LogP contribution is 2.11. The SMILES string of the molecule is O=C(NCCCc1nc2ccccc2[nH]1)c1ccnc(-n2cncn2)c1. The zero-order valence-electron chi connectivity index (χ0n) is 14.0. The van der Waals surface area contributed by atoms with E-state index in [1.807, 2.05) is 24.3 Å². The number of hydrogen-bond acceptors (Lipinski definition) is 5. The highest BCUT2D eigenvalue weighted by molar-refractivity contribution is 5.94. The molecule has 0 aliphatic heterocycles. The van der Waals surface area contributed by atoms with E-state index in [1.165, 1.54) is 17.3 Å². The maximum Gasteiger partial charge on any atom is 0.251 e. The Morgan fingerprint density at radius 3 is 3.00 bits per heavy atom. The summed E-state index contributed by atoms with van der Waals surface area (Å²) in [5.41, 5.74) is 2.53. The molecule has 8 heteroatoms. The van der Waals surface area contributed by atoms with Crippen molar-refractivity contribution in [2.45, 2.75) is 12.8 Å². The predicted octanol–water partition coefficient (Wildman–Crippen LogP) is 1.90. The van der Waals surface area contributed by atoms with Gasteiger partial charge in [-0.3, -0.25) is 4.79 Å². The zero-order chi connectivity index (χ0) is 17.8. The first-order valence-electron chi connectivity index (χ1n) is 8.32. The minimum atomic E-state index is -0.140. The van der Waals surface area contributed by atoms with Gasteiger partial charge in [-0.25, -0.2) is 19.6 Å². The van der Waals surface area contributed by atoms with Crippen LogP contribution in [0.5, 0.6) is 0 Å². The highest BCUT2D eigenvalue weighted by Gasteiger charge is 2.08. The molecule has 0 unspecified atom stereocenters. The molecule has 1 amide bonds. The molecule has 3 aromatic heterocycles. The Balaban J connectivity index is 1.32. The van der Waals surface area contributed by atoms with Crippen molar-refractivity contribution in [3.63, 3.8) is 0 Å². The van der Waals surface area contributed by atoms with Gasteiger partial charge in [0.2, 0.25) is 0 Å². The molecule has 0 atom stereocenters. The van der Waals surface area contributed by atoms with Crippen LogP contribution in [-0.4, -0.2) is 42.2 Å². The molecule has 0 saturated heterocycles. The molecule has 0 aliphatic carbocycles. The van der Waals surface area contributed by atoms with Crippen molar-refractivity contribution in [1.82, 2.24) is 35.0 Å². The van der Waals surface area contributed by atoms with E-state index in [9.17, 15) is 4.79 Å². The van der Waals surface area contributed by atoms with Crippen LogP contribution in [0.15, 0.2) is 55.2 Å². The monoisotopic (exact) mass is 347 g/mol. The summed E-state index contributed by atoms with van der Waals surface area (Å²) in [4.78, 5) is 28.2. The van der Waals surface area contributed by atoms with Crippen LogP contribution >= 0.6 is 0 Å². The molecule has 0 radical (unpaired) electrons. The molecule has 0 aliphatic rings. The Morgan fingerprint density at radius 2 is 2.15 bits per heavy atom. The Labute approximate surface area is 149 Å². The average Bonchev–Trinajstić information content (AvgIpc) is 3.34. The largest absolute Gasteiger partial charge is 0.352 e. The number of hydrogen-bond donors (Lipinski definition) is 2. The predicted molar refractivity (Wildman–Crippen MR) is 95.9 cm³/mol. The summed E-state index contributed by atoms with van der Waals surface area (Å²) >= 11 is 0. The number of imidazole rings is 1. The van der Waals surface area contributed by atoms with E-state index in [1.54, 1.807) is 18.3 Å². The molecule has 0 fully saturated rings. The lowest BCUT2D eigenvalue weighted by Gasteiger charge is -2.06. The van der Waals surface area contributed by atoms with Gasteiger partial charge in [0.15, 0.2) is 5.82 Å². The van der Waals surface area contributed by atoms with Crippen molar-refractivity contribution < 1.29 is 4.79 Å². The van der Waals surface area contributed by atoms with Crippen LogP contribution in [0, 0.1) is 0 Å². The van der Waals surface area contributed by atoms with Gasteiger partial charge >= 0.3 is 0 Å². The summed E-state index contributed by atoms with van der Waals surface area (Å²) in [6, 6.07) is 11.3. The normalized spacial score (nSPS) is 10.9. The summed E-state index contributed by atoms with van der Waals surface area (Å²) in [6.45, 7) is 0.566. The number of benzene rings is 1.